The van der Waals surface area contributed by atoms with E-state index in [2.05, 4.69) is 15.3 Å². The molecule has 0 saturated heterocycles. The Kier molecular flexibility index (Phi) is 6.49. The average Bonchev–Trinajstić information content (AvgIpc) is 3.27. The standard InChI is InChI=1S/C22H20N2O6/c1-27-16-8-10-18(20(12-16)28-2)21(25)24-23-13-17-9-11-19(30-17)14-4-6-15(7-5-14)22(26)29-3/h4-13H,1-3H3,(H,24,25)/b23-13-. The van der Waals surface area contributed by atoms with Crippen molar-refractivity contribution in [2.24, 2.45) is 5.10 Å². The number of ether oxygens (including phenoxy) is 3. The van der Waals surface area contributed by atoms with E-state index in [1.807, 2.05) is 0 Å². The molecule has 3 rings (SSSR count). The van der Waals surface area contributed by atoms with Crippen molar-refractivity contribution in [3.05, 3.63) is 71.5 Å². The molecule has 0 radical (unpaired) electrons. The molecule has 8 heteroatoms. The van der Waals surface area contributed by atoms with Gasteiger partial charge in [0.2, 0.25) is 0 Å². The van der Waals surface area contributed by atoms with Crippen LogP contribution < -0.4 is 14.9 Å². The minimum Gasteiger partial charge on any atom is -0.497 e. The first-order valence-corrected chi connectivity index (χ1v) is 8.89. The molecule has 0 unspecified atom stereocenters. The summed E-state index contributed by atoms with van der Waals surface area (Å²) in [5.41, 5.74) is 3.99. The van der Waals surface area contributed by atoms with Crippen LogP contribution in [0.5, 0.6) is 11.5 Å². The zero-order valence-electron chi connectivity index (χ0n) is 16.7. The Bertz CT molecular complexity index is 1070. The van der Waals surface area contributed by atoms with Crippen LogP contribution in [0.25, 0.3) is 11.3 Å². The summed E-state index contributed by atoms with van der Waals surface area (Å²) in [5.74, 6) is 1.15. The van der Waals surface area contributed by atoms with Crippen molar-refractivity contribution in [2.75, 3.05) is 21.3 Å². The molecule has 154 valence electrons. The third-order valence-corrected chi connectivity index (χ3v) is 4.23. The van der Waals surface area contributed by atoms with Gasteiger partial charge in [-0.15, -0.1) is 0 Å². The van der Waals surface area contributed by atoms with E-state index in [1.54, 1.807) is 54.6 Å². The highest BCUT2D eigenvalue weighted by Crippen LogP contribution is 2.25. The Balaban J connectivity index is 1.66. The van der Waals surface area contributed by atoms with Crippen LogP contribution in [0.4, 0.5) is 0 Å². The summed E-state index contributed by atoms with van der Waals surface area (Å²) in [6.45, 7) is 0. The fourth-order valence-corrected chi connectivity index (χ4v) is 2.67. The second kappa shape index (κ2) is 9.42. The molecule has 0 aliphatic carbocycles. The SMILES string of the molecule is COC(=O)c1ccc(-c2ccc(/C=N\NC(=O)c3ccc(OC)cc3OC)o2)cc1. The molecule has 2 aromatic carbocycles. The van der Waals surface area contributed by atoms with Crippen molar-refractivity contribution in [2.45, 2.75) is 0 Å². The van der Waals surface area contributed by atoms with E-state index in [-0.39, 0.29) is 0 Å². The van der Waals surface area contributed by atoms with Gasteiger partial charge in [-0.3, -0.25) is 4.79 Å². The smallest absolute Gasteiger partial charge is 0.337 e. The Labute approximate surface area is 173 Å². The number of nitrogens with one attached hydrogen (secondary N) is 1. The number of hydrogen-bond acceptors (Lipinski definition) is 7. The van der Waals surface area contributed by atoms with Crippen LogP contribution in [0, 0.1) is 0 Å². The predicted molar refractivity (Wildman–Crippen MR) is 110 cm³/mol. The highest BCUT2D eigenvalue weighted by molar-refractivity contribution is 5.97. The number of nitrogens with zero attached hydrogens (tertiary/aromatic N) is 1. The van der Waals surface area contributed by atoms with E-state index in [9.17, 15) is 9.59 Å². The lowest BCUT2D eigenvalue weighted by Crippen LogP contribution is -2.18. The lowest BCUT2D eigenvalue weighted by atomic mass is 10.1. The van der Waals surface area contributed by atoms with Crippen molar-refractivity contribution in [3.63, 3.8) is 0 Å². The van der Waals surface area contributed by atoms with Crippen LogP contribution in [-0.4, -0.2) is 39.4 Å². The summed E-state index contributed by atoms with van der Waals surface area (Å²) >= 11 is 0. The number of carbonyl (C=O) groups excluding carboxylic acids is 2. The molecule has 30 heavy (non-hydrogen) atoms. The number of amides is 1. The van der Waals surface area contributed by atoms with E-state index < -0.39 is 11.9 Å². The summed E-state index contributed by atoms with van der Waals surface area (Å²) in [6.07, 6.45) is 1.39. The summed E-state index contributed by atoms with van der Waals surface area (Å²) < 4.78 is 20.7. The van der Waals surface area contributed by atoms with Gasteiger partial charge in [0.25, 0.3) is 5.91 Å². The Morgan fingerprint density at radius 1 is 0.967 bits per heavy atom. The van der Waals surface area contributed by atoms with Gasteiger partial charge in [0.1, 0.15) is 23.0 Å². The molecule has 0 spiro atoms. The second-order valence-electron chi connectivity index (χ2n) is 6.04. The molecule has 1 aromatic heterocycles. The molecular formula is C22H20N2O6. The molecule has 0 aliphatic heterocycles. The summed E-state index contributed by atoms with van der Waals surface area (Å²) in [5, 5.41) is 3.93. The molecule has 1 heterocycles. The Morgan fingerprint density at radius 2 is 1.73 bits per heavy atom. The average molecular weight is 408 g/mol. The van der Waals surface area contributed by atoms with Crippen molar-refractivity contribution >= 4 is 18.1 Å². The van der Waals surface area contributed by atoms with Gasteiger partial charge in [0.15, 0.2) is 0 Å². The fraction of sp³-hybridized carbons (Fsp3) is 0.136. The van der Waals surface area contributed by atoms with E-state index in [1.165, 1.54) is 27.5 Å². The van der Waals surface area contributed by atoms with Crippen LogP contribution in [0.15, 0.2) is 64.1 Å². The molecule has 0 saturated carbocycles. The number of benzene rings is 2. The lowest BCUT2D eigenvalue weighted by Gasteiger charge is -2.08. The summed E-state index contributed by atoms with van der Waals surface area (Å²) in [7, 11) is 4.33. The number of hydrazone groups is 1. The maximum absolute atomic E-state index is 12.3. The van der Waals surface area contributed by atoms with Crippen LogP contribution in [0.3, 0.4) is 0 Å². The van der Waals surface area contributed by atoms with Crippen molar-refractivity contribution in [1.82, 2.24) is 5.43 Å². The van der Waals surface area contributed by atoms with E-state index in [4.69, 9.17) is 13.9 Å². The van der Waals surface area contributed by atoms with Crippen molar-refractivity contribution in [1.29, 1.82) is 0 Å². The predicted octanol–water partition coefficient (Wildman–Crippen LogP) is 3.51. The number of furan rings is 1. The van der Waals surface area contributed by atoms with Crippen LogP contribution >= 0.6 is 0 Å². The van der Waals surface area contributed by atoms with Gasteiger partial charge in [-0.25, -0.2) is 10.2 Å². The molecule has 0 atom stereocenters. The highest BCUT2D eigenvalue weighted by atomic mass is 16.5. The first kappa shape index (κ1) is 20.7. The first-order chi connectivity index (χ1) is 14.5. The van der Waals surface area contributed by atoms with Gasteiger partial charge in [0, 0.05) is 11.6 Å². The Hall–Kier alpha value is -4.07. The topological polar surface area (TPSA) is 99.4 Å². The summed E-state index contributed by atoms with van der Waals surface area (Å²) in [6, 6.07) is 15.2. The molecule has 3 aromatic rings. The van der Waals surface area contributed by atoms with Gasteiger partial charge in [-0.2, -0.15) is 5.10 Å². The second-order valence-corrected chi connectivity index (χ2v) is 6.04. The largest absolute Gasteiger partial charge is 0.497 e. The van der Waals surface area contributed by atoms with Gasteiger partial charge in [-0.05, 0) is 36.4 Å². The maximum atomic E-state index is 12.3. The Morgan fingerprint density at radius 3 is 2.40 bits per heavy atom. The van der Waals surface area contributed by atoms with Crippen molar-refractivity contribution < 1.29 is 28.2 Å². The normalized spacial score (nSPS) is 10.6. The number of rotatable bonds is 7. The third-order valence-electron chi connectivity index (χ3n) is 4.23. The molecule has 1 amide bonds. The number of carbonyl (C=O) groups is 2. The molecule has 0 bridgehead atoms. The molecule has 0 fully saturated rings. The van der Waals surface area contributed by atoms with Crippen LogP contribution in [-0.2, 0) is 4.74 Å². The molecule has 1 N–H and O–H groups in total. The molecular weight excluding hydrogens is 388 g/mol. The van der Waals surface area contributed by atoms with E-state index >= 15 is 0 Å². The maximum Gasteiger partial charge on any atom is 0.337 e. The van der Waals surface area contributed by atoms with Gasteiger partial charge in [-0.1, -0.05) is 12.1 Å². The third kappa shape index (κ3) is 4.67. The molecule has 8 nitrogen and oxygen atoms in total. The minimum absolute atomic E-state index is 0.321. The summed E-state index contributed by atoms with van der Waals surface area (Å²) in [4.78, 5) is 23.8. The fourth-order valence-electron chi connectivity index (χ4n) is 2.67. The number of hydrogen-bond donors (Lipinski definition) is 1. The minimum atomic E-state index is -0.434. The zero-order valence-corrected chi connectivity index (χ0v) is 16.7. The lowest BCUT2D eigenvalue weighted by molar-refractivity contribution is 0.0600. The highest BCUT2D eigenvalue weighted by Gasteiger charge is 2.13. The number of esters is 1. The van der Waals surface area contributed by atoms with Crippen LogP contribution in [0.1, 0.15) is 26.5 Å². The molecule has 0 aliphatic rings. The van der Waals surface area contributed by atoms with Crippen molar-refractivity contribution in [3.8, 4) is 22.8 Å². The first-order valence-electron chi connectivity index (χ1n) is 8.89. The zero-order chi connectivity index (χ0) is 21.5. The van der Waals surface area contributed by atoms with E-state index in [0.29, 0.717) is 34.1 Å². The van der Waals surface area contributed by atoms with Gasteiger partial charge >= 0.3 is 5.97 Å². The van der Waals surface area contributed by atoms with Gasteiger partial charge < -0.3 is 18.6 Å². The van der Waals surface area contributed by atoms with Gasteiger partial charge in [0.05, 0.1) is 38.7 Å². The monoisotopic (exact) mass is 408 g/mol. The quantitative estimate of drug-likeness (QED) is 0.365. The van der Waals surface area contributed by atoms with E-state index in [0.717, 1.165) is 5.56 Å². The van der Waals surface area contributed by atoms with Crippen LogP contribution in [0.2, 0.25) is 0 Å². The number of methoxy groups -OCH3 is 3.